The van der Waals surface area contributed by atoms with Gasteiger partial charge in [-0.25, -0.2) is 0 Å². The minimum atomic E-state index is -0.0550. The van der Waals surface area contributed by atoms with E-state index in [9.17, 15) is 4.79 Å². The highest BCUT2D eigenvalue weighted by atomic mass is 35.5. The first-order chi connectivity index (χ1) is 7.72. The Balaban J connectivity index is 0.00000108. The Morgan fingerprint density at radius 1 is 1.41 bits per heavy atom. The Bertz CT molecular complexity index is 310. The average molecular weight is 259 g/mol. The van der Waals surface area contributed by atoms with E-state index in [1.165, 1.54) is 25.7 Å². The predicted molar refractivity (Wildman–Crippen MR) is 70.2 cm³/mol. The average Bonchev–Trinajstić information content (AvgIpc) is 2.83. The highest BCUT2D eigenvalue weighted by Gasteiger charge is 2.51. The molecule has 0 aromatic heterocycles. The molecule has 3 aliphatic rings. The summed E-state index contributed by atoms with van der Waals surface area (Å²) >= 11 is 0. The fraction of sp³-hybridized carbons (Fsp3) is 0.923. The lowest BCUT2D eigenvalue weighted by atomic mass is 9.67. The van der Waals surface area contributed by atoms with E-state index in [2.05, 4.69) is 17.6 Å². The third-order valence-electron chi connectivity index (χ3n) is 4.92. The molecule has 98 valence electrons. The number of hydrogen-bond donors (Lipinski definition) is 2. The summed E-state index contributed by atoms with van der Waals surface area (Å²) in [4.78, 5) is 12.4. The van der Waals surface area contributed by atoms with Crippen LogP contribution in [0, 0.1) is 17.3 Å². The SMILES string of the molecule is CC1CC1NC(=O)[C@@]12CCCC[C@H]1CNC2.Cl. The Morgan fingerprint density at radius 2 is 2.18 bits per heavy atom. The number of amides is 1. The van der Waals surface area contributed by atoms with Gasteiger partial charge in [0.15, 0.2) is 0 Å². The van der Waals surface area contributed by atoms with Gasteiger partial charge in [0.1, 0.15) is 0 Å². The van der Waals surface area contributed by atoms with E-state index in [4.69, 9.17) is 0 Å². The van der Waals surface area contributed by atoms with Crippen LogP contribution in [0.5, 0.6) is 0 Å². The fourth-order valence-corrected chi connectivity index (χ4v) is 3.53. The summed E-state index contributed by atoms with van der Waals surface area (Å²) in [5, 5.41) is 6.69. The number of rotatable bonds is 2. The van der Waals surface area contributed by atoms with Crippen molar-refractivity contribution in [1.29, 1.82) is 0 Å². The summed E-state index contributed by atoms with van der Waals surface area (Å²) in [6.07, 6.45) is 6.05. The van der Waals surface area contributed by atoms with Crippen LogP contribution < -0.4 is 10.6 Å². The standard InChI is InChI=1S/C13H22N2O.ClH/c1-9-6-11(9)15-12(16)13-5-3-2-4-10(13)7-14-8-13;/h9-11,14H,2-8H2,1H3,(H,15,16);1H/t9?,10-,11?,13+;/m0./s1. The van der Waals surface area contributed by atoms with E-state index in [0.717, 1.165) is 19.5 Å². The Labute approximate surface area is 110 Å². The van der Waals surface area contributed by atoms with Crippen molar-refractivity contribution in [3.8, 4) is 0 Å². The molecular formula is C13H23ClN2O. The monoisotopic (exact) mass is 258 g/mol. The molecule has 3 rings (SSSR count). The summed E-state index contributed by atoms with van der Waals surface area (Å²) in [6.45, 7) is 4.17. The molecule has 0 aromatic rings. The zero-order valence-electron chi connectivity index (χ0n) is 10.5. The lowest BCUT2D eigenvalue weighted by Crippen LogP contribution is -2.48. The van der Waals surface area contributed by atoms with Gasteiger partial charge < -0.3 is 10.6 Å². The van der Waals surface area contributed by atoms with Crippen molar-refractivity contribution in [2.45, 2.75) is 45.1 Å². The molecule has 2 unspecified atom stereocenters. The van der Waals surface area contributed by atoms with Crippen LogP contribution in [0.3, 0.4) is 0 Å². The second kappa shape index (κ2) is 4.77. The molecule has 0 aromatic carbocycles. The minimum absolute atomic E-state index is 0. The van der Waals surface area contributed by atoms with Gasteiger partial charge in [-0.1, -0.05) is 19.8 Å². The van der Waals surface area contributed by atoms with Gasteiger partial charge >= 0.3 is 0 Å². The molecule has 1 amide bonds. The molecule has 2 aliphatic carbocycles. The van der Waals surface area contributed by atoms with Gasteiger partial charge in [0.05, 0.1) is 5.41 Å². The van der Waals surface area contributed by atoms with Crippen LogP contribution >= 0.6 is 12.4 Å². The molecule has 2 saturated carbocycles. The maximum atomic E-state index is 12.4. The molecule has 1 saturated heterocycles. The highest BCUT2D eigenvalue weighted by molar-refractivity contribution is 5.85. The number of fused-ring (bicyclic) bond motifs is 1. The molecule has 1 aliphatic heterocycles. The second-order valence-corrected chi connectivity index (χ2v) is 6.02. The second-order valence-electron chi connectivity index (χ2n) is 6.02. The number of hydrogen-bond acceptors (Lipinski definition) is 2. The lowest BCUT2D eigenvalue weighted by molar-refractivity contribution is -0.134. The van der Waals surface area contributed by atoms with Crippen LogP contribution in [0.2, 0.25) is 0 Å². The van der Waals surface area contributed by atoms with Crippen LogP contribution in [0.4, 0.5) is 0 Å². The van der Waals surface area contributed by atoms with Gasteiger partial charge in [-0.3, -0.25) is 4.79 Å². The van der Waals surface area contributed by atoms with Gasteiger partial charge in [0.2, 0.25) is 5.91 Å². The highest BCUT2D eigenvalue weighted by Crippen LogP contribution is 2.44. The molecule has 0 bridgehead atoms. The zero-order valence-corrected chi connectivity index (χ0v) is 11.3. The smallest absolute Gasteiger partial charge is 0.228 e. The normalized spacial score (nSPS) is 43.5. The molecule has 1 heterocycles. The number of carbonyl (C=O) groups excluding carboxylic acids is 1. The first kappa shape index (κ1) is 13.2. The van der Waals surface area contributed by atoms with Crippen molar-refractivity contribution >= 4 is 18.3 Å². The largest absolute Gasteiger partial charge is 0.353 e. The predicted octanol–water partition coefficient (Wildman–Crippen LogP) is 1.71. The summed E-state index contributed by atoms with van der Waals surface area (Å²) in [5.74, 6) is 1.64. The Hall–Kier alpha value is -0.280. The van der Waals surface area contributed by atoms with Crippen LogP contribution in [0.1, 0.15) is 39.0 Å². The van der Waals surface area contributed by atoms with Crippen LogP contribution in [-0.4, -0.2) is 25.0 Å². The van der Waals surface area contributed by atoms with Crippen molar-refractivity contribution in [2.75, 3.05) is 13.1 Å². The number of nitrogens with one attached hydrogen (secondary N) is 2. The Kier molecular flexibility index (Phi) is 3.69. The molecule has 3 fully saturated rings. The minimum Gasteiger partial charge on any atom is -0.353 e. The van der Waals surface area contributed by atoms with Gasteiger partial charge in [-0.15, -0.1) is 12.4 Å². The quantitative estimate of drug-likeness (QED) is 0.792. The topological polar surface area (TPSA) is 41.1 Å². The maximum absolute atomic E-state index is 12.4. The first-order valence-electron chi connectivity index (χ1n) is 6.74. The summed E-state index contributed by atoms with van der Waals surface area (Å²) in [6, 6.07) is 0.477. The van der Waals surface area contributed by atoms with Gasteiger partial charge in [-0.2, -0.15) is 0 Å². The van der Waals surface area contributed by atoms with Gasteiger partial charge in [-0.05, 0) is 37.6 Å². The molecule has 4 atom stereocenters. The molecular weight excluding hydrogens is 236 g/mol. The van der Waals surface area contributed by atoms with Crippen LogP contribution in [0.15, 0.2) is 0 Å². The third kappa shape index (κ3) is 2.19. The molecule has 2 N–H and O–H groups in total. The van der Waals surface area contributed by atoms with Crippen molar-refractivity contribution in [2.24, 2.45) is 17.3 Å². The number of carbonyl (C=O) groups is 1. The van der Waals surface area contributed by atoms with E-state index in [0.29, 0.717) is 23.8 Å². The molecule has 0 radical (unpaired) electrons. The van der Waals surface area contributed by atoms with E-state index < -0.39 is 0 Å². The van der Waals surface area contributed by atoms with Crippen molar-refractivity contribution in [3.63, 3.8) is 0 Å². The van der Waals surface area contributed by atoms with Crippen molar-refractivity contribution in [3.05, 3.63) is 0 Å². The third-order valence-corrected chi connectivity index (χ3v) is 4.92. The fourth-order valence-electron chi connectivity index (χ4n) is 3.53. The van der Waals surface area contributed by atoms with E-state index in [1.54, 1.807) is 0 Å². The van der Waals surface area contributed by atoms with Gasteiger partial charge in [0, 0.05) is 12.6 Å². The summed E-state index contributed by atoms with van der Waals surface area (Å²) < 4.78 is 0. The lowest BCUT2D eigenvalue weighted by Gasteiger charge is -2.37. The molecule has 17 heavy (non-hydrogen) atoms. The van der Waals surface area contributed by atoms with E-state index >= 15 is 0 Å². The first-order valence-corrected chi connectivity index (χ1v) is 6.74. The van der Waals surface area contributed by atoms with E-state index in [-0.39, 0.29) is 17.8 Å². The molecule has 0 spiro atoms. The number of halogens is 1. The van der Waals surface area contributed by atoms with Crippen molar-refractivity contribution < 1.29 is 4.79 Å². The van der Waals surface area contributed by atoms with E-state index in [1.807, 2.05) is 0 Å². The summed E-state index contributed by atoms with van der Waals surface area (Å²) in [7, 11) is 0. The summed E-state index contributed by atoms with van der Waals surface area (Å²) in [5.41, 5.74) is -0.0550. The molecule has 3 nitrogen and oxygen atoms in total. The zero-order chi connectivity index (χ0) is 11.2. The van der Waals surface area contributed by atoms with Crippen molar-refractivity contribution in [1.82, 2.24) is 10.6 Å². The van der Waals surface area contributed by atoms with Crippen LogP contribution in [-0.2, 0) is 4.79 Å². The maximum Gasteiger partial charge on any atom is 0.228 e. The van der Waals surface area contributed by atoms with Crippen LogP contribution in [0.25, 0.3) is 0 Å². The molecule has 4 heteroatoms. The van der Waals surface area contributed by atoms with Gasteiger partial charge in [0.25, 0.3) is 0 Å². The Morgan fingerprint density at radius 3 is 2.88 bits per heavy atom.